The number of para-hydroxylation sites is 1. The third-order valence-corrected chi connectivity index (χ3v) is 3.68. The van der Waals surface area contributed by atoms with Crippen molar-refractivity contribution in [1.29, 1.82) is 0 Å². The maximum Gasteiger partial charge on any atom is 0.226 e. The van der Waals surface area contributed by atoms with E-state index in [0.29, 0.717) is 12.5 Å². The van der Waals surface area contributed by atoms with Gasteiger partial charge in [0.05, 0.1) is 12.1 Å². The molecule has 0 N–H and O–H groups in total. The number of pyridine rings is 1. The zero-order chi connectivity index (χ0) is 16.2. The number of aromatic nitrogens is 3. The van der Waals surface area contributed by atoms with E-state index in [1.165, 1.54) is 10.9 Å². The molecule has 0 bridgehead atoms. The van der Waals surface area contributed by atoms with Gasteiger partial charge in [0.2, 0.25) is 5.89 Å². The second-order valence-corrected chi connectivity index (χ2v) is 6.36. The van der Waals surface area contributed by atoms with Crippen LogP contribution in [0.2, 0.25) is 0 Å². The van der Waals surface area contributed by atoms with E-state index in [9.17, 15) is 0 Å². The molecule has 1 aromatic carbocycles. The highest BCUT2D eigenvalue weighted by Gasteiger charge is 2.11. The smallest absolute Gasteiger partial charge is 0.226 e. The Bertz CT molecular complexity index is 776. The van der Waals surface area contributed by atoms with Crippen LogP contribution >= 0.6 is 0 Å². The summed E-state index contributed by atoms with van der Waals surface area (Å²) < 4.78 is 5.30. The van der Waals surface area contributed by atoms with Gasteiger partial charge in [-0.05, 0) is 30.7 Å². The van der Waals surface area contributed by atoms with E-state index in [1.54, 1.807) is 0 Å². The molecular weight excluding hydrogens is 288 g/mol. The van der Waals surface area contributed by atoms with Crippen molar-refractivity contribution in [2.75, 3.05) is 7.05 Å². The van der Waals surface area contributed by atoms with Crippen molar-refractivity contribution in [1.82, 2.24) is 20.0 Å². The summed E-state index contributed by atoms with van der Waals surface area (Å²) in [6.07, 6.45) is 2.69. The van der Waals surface area contributed by atoms with E-state index in [2.05, 4.69) is 53.1 Å². The van der Waals surface area contributed by atoms with Gasteiger partial charge in [0, 0.05) is 24.5 Å². The van der Waals surface area contributed by atoms with E-state index < -0.39 is 0 Å². The highest BCUT2D eigenvalue weighted by molar-refractivity contribution is 5.81. The average molecular weight is 310 g/mol. The van der Waals surface area contributed by atoms with Gasteiger partial charge in [-0.3, -0.25) is 9.88 Å². The molecule has 0 aliphatic carbocycles. The van der Waals surface area contributed by atoms with Crippen molar-refractivity contribution in [3.05, 3.63) is 53.8 Å². The van der Waals surface area contributed by atoms with E-state index in [0.717, 1.165) is 30.2 Å². The first-order valence-electron chi connectivity index (χ1n) is 7.94. The Morgan fingerprint density at radius 1 is 1.13 bits per heavy atom. The number of nitrogens with zero attached hydrogens (tertiary/aromatic N) is 4. The first kappa shape index (κ1) is 15.6. The number of hydrogen-bond acceptors (Lipinski definition) is 5. The molecule has 5 heteroatoms. The minimum Gasteiger partial charge on any atom is -0.339 e. The molecule has 0 amide bonds. The van der Waals surface area contributed by atoms with Gasteiger partial charge in [0.25, 0.3) is 0 Å². The maximum absolute atomic E-state index is 5.30. The molecule has 0 atom stereocenters. The van der Waals surface area contributed by atoms with Crippen molar-refractivity contribution in [2.45, 2.75) is 33.4 Å². The summed E-state index contributed by atoms with van der Waals surface area (Å²) in [7, 11) is 2.06. The number of hydrogen-bond donors (Lipinski definition) is 0. The minimum absolute atomic E-state index is 0.518. The van der Waals surface area contributed by atoms with Crippen LogP contribution in [0.1, 0.15) is 31.1 Å². The fraction of sp³-hybridized carbons (Fsp3) is 0.389. The zero-order valence-corrected chi connectivity index (χ0v) is 13.9. The van der Waals surface area contributed by atoms with Crippen molar-refractivity contribution in [3.8, 4) is 0 Å². The molecule has 120 valence electrons. The lowest BCUT2D eigenvalue weighted by Gasteiger charge is -2.15. The lowest BCUT2D eigenvalue weighted by Crippen LogP contribution is -2.18. The van der Waals surface area contributed by atoms with Crippen LogP contribution in [0, 0.1) is 5.92 Å². The standard InChI is InChI=1S/C18H22N4O/c1-13(2)10-18-20-17(21-23-18)12-22(3)11-14-8-9-19-16-7-5-4-6-15(14)16/h4-9,13H,10-12H2,1-3H3. The van der Waals surface area contributed by atoms with E-state index in [-0.39, 0.29) is 0 Å². The minimum atomic E-state index is 0.518. The van der Waals surface area contributed by atoms with Gasteiger partial charge in [0.1, 0.15) is 0 Å². The van der Waals surface area contributed by atoms with E-state index in [1.807, 2.05) is 24.4 Å². The molecule has 23 heavy (non-hydrogen) atoms. The summed E-state index contributed by atoms with van der Waals surface area (Å²) in [4.78, 5) is 11.1. The molecule has 0 radical (unpaired) electrons. The van der Waals surface area contributed by atoms with Crippen LogP contribution in [-0.4, -0.2) is 27.1 Å². The summed E-state index contributed by atoms with van der Waals surface area (Å²) >= 11 is 0. The van der Waals surface area contributed by atoms with Crippen LogP contribution in [-0.2, 0) is 19.5 Å². The van der Waals surface area contributed by atoms with Gasteiger partial charge in [-0.25, -0.2) is 0 Å². The second kappa shape index (κ2) is 6.87. The van der Waals surface area contributed by atoms with Gasteiger partial charge in [-0.15, -0.1) is 0 Å². The molecule has 0 saturated heterocycles. The first-order valence-corrected chi connectivity index (χ1v) is 7.94. The van der Waals surface area contributed by atoms with Crippen molar-refractivity contribution in [3.63, 3.8) is 0 Å². The van der Waals surface area contributed by atoms with Crippen LogP contribution in [0.3, 0.4) is 0 Å². The number of benzene rings is 1. The van der Waals surface area contributed by atoms with Crippen LogP contribution in [0.25, 0.3) is 10.9 Å². The third-order valence-electron chi connectivity index (χ3n) is 3.68. The Balaban J connectivity index is 1.69. The van der Waals surface area contributed by atoms with E-state index in [4.69, 9.17) is 4.52 Å². The van der Waals surface area contributed by atoms with E-state index >= 15 is 0 Å². The van der Waals surface area contributed by atoms with Gasteiger partial charge < -0.3 is 4.52 Å². The largest absolute Gasteiger partial charge is 0.339 e. The molecule has 2 heterocycles. The third kappa shape index (κ3) is 3.93. The molecular formula is C18H22N4O. The molecule has 0 aliphatic rings. The lowest BCUT2D eigenvalue weighted by molar-refractivity contribution is 0.299. The van der Waals surface area contributed by atoms with Crippen LogP contribution in [0.4, 0.5) is 0 Å². The predicted octanol–water partition coefficient (Wildman–Crippen LogP) is 3.45. The van der Waals surface area contributed by atoms with Gasteiger partial charge in [-0.2, -0.15) is 4.98 Å². The molecule has 2 aromatic heterocycles. The Kier molecular flexibility index (Phi) is 4.67. The molecule has 3 aromatic rings. The second-order valence-electron chi connectivity index (χ2n) is 6.36. The van der Waals surface area contributed by atoms with Gasteiger partial charge >= 0.3 is 0 Å². The molecule has 0 spiro atoms. The van der Waals surface area contributed by atoms with Crippen LogP contribution < -0.4 is 0 Å². The quantitative estimate of drug-likeness (QED) is 0.698. The first-order chi connectivity index (χ1) is 11.1. The Morgan fingerprint density at radius 2 is 1.96 bits per heavy atom. The lowest BCUT2D eigenvalue weighted by atomic mass is 10.1. The predicted molar refractivity (Wildman–Crippen MR) is 89.8 cm³/mol. The highest BCUT2D eigenvalue weighted by atomic mass is 16.5. The van der Waals surface area contributed by atoms with Gasteiger partial charge in [-0.1, -0.05) is 37.2 Å². The number of rotatable bonds is 6. The highest BCUT2D eigenvalue weighted by Crippen LogP contribution is 2.18. The number of fused-ring (bicyclic) bond motifs is 1. The maximum atomic E-state index is 5.30. The van der Waals surface area contributed by atoms with Gasteiger partial charge in [0.15, 0.2) is 5.82 Å². The van der Waals surface area contributed by atoms with Crippen molar-refractivity contribution in [2.24, 2.45) is 5.92 Å². The molecule has 5 nitrogen and oxygen atoms in total. The molecule has 0 fully saturated rings. The molecule has 0 unspecified atom stereocenters. The average Bonchev–Trinajstić information content (AvgIpc) is 2.93. The molecule has 0 aliphatic heterocycles. The fourth-order valence-corrected chi connectivity index (χ4v) is 2.67. The van der Waals surface area contributed by atoms with Crippen molar-refractivity contribution >= 4 is 10.9 Å². The Labute approximate surface area is 136 Å². The van der Waals surface area contributed by atoms with Crippen molar-refractivity contribution < 1.29 is 4.52 Å². The molecule has 0 saturated carbocycles. The normalized spacial score (nSPS) is 11.7. The SMILES string of the molecule is CC(C)Cc1nc(CN(C)Cc2ccnc3ccccc23)no1. The monoisotopic (exact) mass is 310 g/mol. The summed E-state index contributed by atoms with van der Waals surface area (Å²) in [5, 5.41) is 5.26. The topological polar surface area (TPSA) is 55.1 Å². The van der Waals surface area contributed by atoms with Crippen LogP contribution in [0.15, 0.2) is 41.1 Å². The summed E-state index contributed by atoms with van der Waals surface area (Å²) in [5.74, 6) is 1.98. The Hall–Kier alpha value is -2.27. The fourth-order valence-electron chi connectivity index (χ4n) is 2.67. The van der Waals surface area contributed by atoms with Crippen LogP contribution in [0.5, 0.6) is 0 Å². The zero-order valence-electron chi connectivity index (χ0n) is 13.9. The Morgan fingerprint density at radius 3 is 2.78 bits per heavy atom. The summed E-state index contributed by atoms with van der Waals surface area (Å²) in [5.41, 5.74) is 2.28. The molecule has 3 rings (SSSR count). The summed E-state index contributed by atoms with van der Waals surface area (Å²) in [6.45, 7) is 5.77. The summed E-state index contributed by atoms with van der Waals surface area (Å²) in [6, 6.07) is 10.3.